The SMILES string of the molecule is CCNC(CC1CCOCC1)C(C)(CC)N1CCCCC1. The van der Waals surface area contributed by atoms with Crippen LogP contribution in [0, 0.1) is 5.92 Å². The number of nitrogens with one attached hydrogen (secondary N) is 1. The van der Waals surface area contributed by atoms with E-state index in [1.165, 1.54) is 58.0 Å². The second-order valence-corrected chi connectivity index (χ2v) is 7.16. The Morgan fingerprint density at radius 3 is 2.38 bits per heavy atom. The van der Waals surface area contributed by atoms with E-state index in [0.717, 1.165) is 25.7 Å². The maximum atomic E-state index is 5.54. The van der Waals surface area contributed by atoms with Crippen molar-refractivity contribution in [1.29, 1.82) is 0 Å². The van der Waals surface area contributed by atoms with Gasteiger partial charge in [0, 0.05) is 24.8 Å². The zero-order chi connectivity index (χ0) is 15.1. The minimum Gasteiger partial charge on any atom is -0.381 e. The van der Waals surface area contributed by atoms with Crippen LogP contribution in [0.1, 0.15) is 65.7 Å². The first-order valence-corrected chi connectivity index (χ1v) is 9.27. The standard InChI is InChI=1S/C18H36N2O/c1-4-18(3,20-11-7-6-8-12-20)17(19-5-2)15-16-9-13-21-14-10-16/h16-17,19H,4-15H2,1-3H3. The number of likely N-dealkylation sites (N-methyl/N-ethyl adjacent to an activating group) is 1. The van der Waals surface area contributed by atoms with E-state index >= 15 is 0 Å². The van der Waals surface area contributed by atoms with E-state index in [1.807, 2.05) is 0 Å². The molecule has 2 saturated heterocycles. The van der Waals surface area contributed by atoms with Crippen LogP contribution in [-0.2, 0) is 4.74 Å². The molecule has 2 aliphatic heterocycles. The molecule has 0 amide bonds. The summed E-state index contributed by atoms with van der Waals surface area (Å²) in [6, 6.07) is 0.619. The van der Waals surface area contributed by atoms with Gasteiger partial charge < -0.3 is 10.1 Å². The van der Waals surface area contributed by atoms with Crippen molar-refractivity contribution < 1.29 is 4.74 Å². The molecular formula is C18H36N2O. The van der Waals surface area contributed by atoms with Gasteiger partial charge in [-0.3, -0.25) is 4.90 Å². The van der Waals surface area contributed by atoms with E-state index < -0.39 is 0 Å². The zero-order valence-corrected chi connectivity index (χ0v) is 14.5. The summed E-state index contributed by atoms with van der Waals surface area (Å²) in [4.78, 5) is 2.78. The van der Waals surface area contributed by atoms with Gasteiger partial charge in [0.05, 0.1) is 0 Å². The molecule has 2 unspecified atom stereocenters. The summed E-state index contributed by atoms with van der Waals surface area (Å²) in [5, 5.41) is 3.84. The average Bonchev–Trinajstić information content (AvgIpc) is 2.55. The molecule has 2 atom stereocenters. The number of hydrogen-bond acceptors (Lipinski definition) is 3. The summed E-state index contributed by atoms with van der Waals surface area (Å²) < 4.78 is 5.54. The Kier molecular flexibility index (Phi) is 6.97. The molecule has 2 fully saturated rings. The molecule has 0 aromatic rings. The average molecular weight is 296 g/mol. The summed E-state index contributed by atoms with van der Waals surface area (Å²) >= 11 is 0. The fourth-order valence-electron chi connectivity index (χ4n) is 4.21. The lowest BCUT2D eigenvalue weighted by atomic mass is 9.79. The highest BCUT2D eigenvalue weighted by molar-refractivity contribution is 4.98. The van der Waals surface area contributed by atoms with Crippen LogP contribution in [0.2, 0.25) is 0 Å². The van der Waals surface area contributed by atoms with Crippen molar-refractivity contribution >= 4 is 0 Å². The zero-order valence-electron chi connectivity index (χ0n) is 14.5. The molecule has 21 heavy (non-hydrogen) atoms. The summed E-state index contributed by atoms with van der Waals surface area (Å²) in [5.41, 5.74) is 0.314. The number of likely N-dealkylation sites (tertiary alicyclic amines) is 1. The van der Waals surface area contributed by atoms with Crippen molar-refractivity contribution in [2.45, 2.75) is 77.3 Å². The van der Waals surface area contributed by atoms with Crippen molar-refractivity contribution in [3.8, 4) is 0 Å². The third-order valence-corrected chi connectivity index (χ3v) is 5.91. The first-order chi connectivity index (χ1) is 10.2. The van der Waals surface area contributed by atoms with Gasteiger partial charge in [-0.1, -0.05) is 20.3 Å². The first-order valence-electron chi connectivity index (χ1n) is 9.27. The topological polar surface area (TPSA) is 24.5 Å². The van der Waals surface area contributed by atoms with Crippen LogP contribution in [0.15, 0.2) is 0 Å². The lowest BCUT2D eigenvalue weighted by Crippen LogP contribution is -2.61. The highest BCUT2D eigenvalue weighted by Crippen LogP contribution is 2.32. The summed E-state index contributed by atoms with van der Waals surface area (Å²) in [6.45, 7) is 12.7. The van der Waals surface area contributed by atoms with Gasteiger partial charge in [0.25, 0.3) is 0 Å². The molecule has 0 radical (unpaired) electrons. The van der Waals surface area contributed by atoms with Crippen molar-refractivity contribution in [2.24, 2.45) is 5.92 Å². The largest absolute Gasteiger partial charge is 0.381 e. The molecule has 1 N–H and O–H groups in total. The van der Waals surface area contributed by atoms with Crippen LogP contribution < -0.4 is 5.32 Å². The molecule has 0 aliphatic carbocycles. The second kappa shape index (κ2) is 8.50. The van der Waals surface area contributed by atoms with Gasteiger partial charge in [0.15, 0.2) is 0 Å². The lowest BCUT2D eigenvalue weighted by Gasteiger charge is -2.49. The molecule has 2 rings (SSSR count). The Bertz CT molecular complexity index is 285. The van der Waals surface area contributed by atoms with E-state index in [-0.39, 0.29) is 0 Å². The van der Waals surface area contributed by atoms with Crippen LogP contribution in [0.4, 0.5) is 0 Å². The molecule has 3 heteroatoms. The van der Waals surface area contributed by atoms with Gasteiger partial charge in [0.2, 0.25) is 0 Å². The predicted molar refractivity (Wildman–Crippen MR) is 89.7 cm³/mol. The molecule has 2 heterocycles. The highest BCUT2D eigenvalue weighted by atomic mass is 16.5. The number of nitrogens with zero attached hydrogens (tertiary/aromatic N) is 1. The Balaban J connectivity index is 2.04. The van der Waals surface area contributed by atoms with Gasteiger partial charge in [-0.15, -0.1) is 0 Å². The summed E-state index contributed by atoms with van der Waals surface area (Å²) in [6.07, 6.45) is 9.24. The molecule has 2 aliphatic rings. The number of ether oxygens (including phenoxy) is 1. The van der Waals surface area contributed by atoms with Crippen LogP contribution in [0.3, 0.4) is 0 Å². The Hall–Kier alpha value is -0.120. The van der Waals surface area contributed by atoms with Crippen molar-refractivity contribution in [3.63, 3.8) is 0 Å². The third-order valence-electron chi connectivity index (χ3n) is 5.91. The van der Waals surface area contributed by atoms with E-state index in [9.17, 15) is 0 Å². The minimum atomic E-state index is 0.314. The Morgan fingerprint density at radius 2 is 1.81 bits per heavy atom. The van der Waals surface area contributed by atoms with E-state index in [0.29, 0.717) is 11.6 Å². The van der Waals surface area contributed by atoms with Gasteiger partial charge in [-0.05, 0) is 71.0 Å². The molecule has 0 aromatic carbocycles. The van der Waals surface area contributed by atoms with Crippen molar-refractivity contribution in [2.75, 3.05) is 32.8 Å². The Morgan fingerprint density at radius 1 is 1.14 bits per heavy atom. The lowest BCUT2D eigenvalue weighted by molar-refractivity contribution is 0.0180. The van der Waals surface area contributed by atoms with Crippen LogP contribution in [0.5, 0.6) is 0 Å². The molecule has 0 spiro atoms. The quantitative estimate of drug-likeness (QED) is 0.779. The fourth-order valence-corrected chi connectivity index (χ4v) is 4.21. The van der Waals surface area contributed by atoms with Gasteiger partial charge in [-0.2, -0.15) is 0 Å². The van der Waals surface area contributed by atoms with E-state index in [4.69, 9.17) is 4.74 Å². The van der Waals surface area contributed by atoms with Gasteiger partial charge in [-0.25, -0.2) is 0 Å². The van der Waals surface area contributed by atoms with Gasteiger partial charge >= 0.3 is 0 Å². The molecule has 0 bridgehead atoms. The number of piperidine rings is 1. The molecule has 0 aromatic heterocycles. The molecule has 0 saturated carbocycles. The highest BCUT2D eigenvalue weighted by Gasteiger charge is 2.39. The normalized spacial score (nSPS) is 26.4. The molecular weight excluding hydrogens is 260 g/mol. The van der Waals surface area contributed by atoms with E-state index in [2.05, 4.69) is 31.0 Å². The third kappa shape index (κ3) is 4.43. The van der Waals surface area contributed by atoms with Crippen LogP contribution in [-0.4, -0.2) is 49.3 Å². The maximum Gasteiger partial charge on any atom is 0.0468 e. The molecule has 3 nitrogen and oxygen atoms in total. The minimum absolute atomic E-state index is 0.314. The summed E-state index contributed by atoms with van der Waals surface area (Å²) in [7, 11) is 0. The van der Waals surface area contributed by atoms with Crippen LogP contribution in [0.25, 0.3) is 0 Å². The van der Waals surface area contributed by atoms with Crippen molar-refractivity contribution in [3.05, 3.63) is 0 Å². The van der Waals surface area contributed by atoms with Crippen molar-refractivity contribution in [1.82, 2.24) is 10.2 Å². The smallest absolute Gasteiger partial charge is 0.0468 e. The number of rotatable bonds is 7. The second-order valence-electron chi connectivity index (χ2n) is 7.16. The monoisotopic (exact) mass is 296 g/mol. The van der Waals surface area contributed by atoms with E-state index in [1.54, 1.807) is 0 Å². The number of hydrogen-bond donors (Lipinski definition) is 1. The van der Waals surface area contributed by atoms with Crippen LogP contribution >= 0.6 is 0 Å². The Labute approximate surface area is 131 Å². The molecule has 124 valence electrons. The van der Waals surface area contributed by atoms with Gasteiger partial charge in [0.1, 0.15) is 0 Å². The summed E-state index contributed by atoms with van der Waals surface area (Å²) in [5.74, 6) is 0.846. The first kappa shape index (κ1) is 17.2. The fraction of sp³-hybridized carbons (Fsp3) is 1.00. The maximum absolute atomic E-state index is 5.54. The predicted octanol–water partition coefficient (Wildman–Crippen LogP) is 3.44.